The molecule has 1 aromatic carbocycles. The third kappa shape index (κ3) is 3.77. The van der Waals surface area contributed by atoms with E-state index in [4.69, 9.17) is 5.11 Å². The van der Waals surface area contributed by atoms with Crippen molar-refractivity contribution >= 4 is 23.3 Å². The summed E-state index contributed by atoms with van der Waals surface area (Å²) in [4.78, 5) is 33.5. The minimum absolute atomic E-state index is 0.275. The van der Waals surface area contributed by atoms with E-state index >= 15 is 0 Å². The van der Waals surface area contributed by atoms with Gasteiger partial charge in [-0.1, -0.05) is 29.8 Å². The Labute approximate surface area is 110 Å². The first-order valence-corrected chi connectivity index (χ1v) is 5.59. The molecule has 0 bridgehead atoms. The molecule has 0 aromatic heterocycles. The van der Waals surface area contributed by atoms with E-state index in [2.05, 4.69) is 0 Å². The number of benzene rings is 1. The molecule has 5 nitrogen and oxygen atoms in total. The zero-order chi connectivity index (χ0) is 14.6. The van der Waals surface area contributed by atoms with Crippen LogP contribution in [0, 0.1) is 6.92 Å². The standard InChI is InChI=1S/C14H14O5/c1-8-3-5-10(6-4-8)12(14(18)19)11(13(16)17)7-9(2)15/h3-6H,7H2,1-2H3,(H,16,17)(H,18,19)/b12-11+. The van der Waals surface area contributed by atoms with Gasteiger partial charge < -0.3 is 10.2 Å². The number of Topliss-reactive ketones (excluding diaryl/α,β-unsaturated/α-hetero) is 1. The topological polar surface area (TPSA) is 91.7 Å². The van der Waals surface area contributed by atoms with Crippen molar-refractivity contribution in [1.82, 2.24) is 0 Å². The number of rotatable bonds is 5. The Balaban J connectivity index is 3.45. The van der Waals surface area contributed by atoms with Crippen LogP contribution in [0.2, 0.25) is 0 Å². The lowest BCUT2D eigenvalue weighted by molar-refractivity contribution is -0.135. The summed E-state index contributed by atoms with van der Waals surface area (Å²) < 4.78 is 0. The van der Waals surface area contributed by atoms with Gasteiger partial charge in [-0.05, 0) is 19.4 Å². The lowest BCUT2D eigenvalue weighted by Crippen LogP contribution is -2.13. The van der Waals surface area contributed by atoms with Crippen molar-refractivity contribution in [3.63, 3.8) is 0 Å². The monoisotopic (exact) mass is 262 g/mol. The van der Waals surface area contributed by atoms with Gasteiger partial charge in [0.15, 0.2) is 0 Å². The molecule has 0 amide bonds. The number of carbonyl (C=O) groups is 3. The third-order valence-electron chi connectivity index (χ3n) is 2.54. The Morgan fingerprint density at radius 3 is 1.89 bits per heavy atom. The normalized spacial score (nSPS) is 11.7. The van der Waals surface area contributed by atoms with Crippen LogP contribution in [0.25, 0.3) is 5.57 Å². The molecule has 0 fully saturated rings. The van der Waals surface area contributed by atoms with Crippen molar-refractivity contribution in [2.75, 3.05) is 0 Å². The molecule has 2 N–H and O–H groups in total. The summed E-state index contributed by atoms with van der Waals surface area (Å²) in [6.07, 6.45) is -0.412. The summed E-state index contributed by atoms with van der Waals surface area (Å²) in [5.41, 5.74) is 0.459. The number of aliphatic carboxylic acids is 2. The van der Waals surface area contributed by atoms with Crippen molar-refractivity contribution < 1.29 is 24.6 Å². The van der Waals surface area contributed by atoms with Gasteiger partial charge in [-0.25, -0.2) is 9.59 Å². The number of aryl methyl sites for hydroxylation is 1. The van der Waals surface area contributed by atoms with E-state index in [-0.39, 0.29) is 11.1 Å². The van der Waals surface area contributed by atoms with Crippen LogP contribution in [0.15, 0.2) is 29.8 Å². The van der Waals surface area contributed by atoms with Crippen LogP contribution in [-0.4, -0.2) is 27.9 Å². The predicted molar refractivity (Wildman–Crippen MR) is 68.7 cm³/mol. The van der Waals surface area contributed by atoms with Crippen LogP contribution < -0.4 is 0 Å². The molecule has 0 unspecified atom stereocenters. The van der Waals surface area contributed by atoms with Gasteiger partial charge in [0.1, 0.15) is 5.78 Å². The predicted octanol–water partition coefficient (Wildman–Crippen LogP) is 1.90. The molecule has 0 atom stereocenters. The van der Waals surface area contributed by atoms with E-state index in [1.54, 1.807) is 12.1 Å². The quantitative estimate of drug-likeness (QED) is 0.791. The van der Waals surface area contributed by atoms with Crippen molar-refractivity contribution in [2.45, 2.75) is 20.3 Å². The van der Waals surface area contributed by atoms with Crippen LogP contribution in [0.3, 0.4) is 0 Å². The minimum atomic E-state index is -1.40. The Morgan fingerprint density at radius 1 is 1.00 bits per heavy atom. The highest BCUT2D eigenvalue weighted by Crippen LogP contribution is 2.22. The average molecular weight is 262 g/mol. The molecule has 0 radical (unpaired) electrons. The van der Waals surface area contributed by atoms with E-state index in [9.17, 15) is 19.5 Å². The van der Waals surface area contributed by atoms with Gasteiger partial charge in [0.05, 0.1) is 11.1 Å². The summed E-state index contributed by atoms with van der Waals surface area (Å²) >= 11 is 0. The summed E-state index contributed by atoms with van der Waals surface area (Å²) in [5.74, 6) is -3.15. The fourth-order valence-corrected chi connectivity index (χ4v) is 1.67. The second-order valence-electron chi connectivity index (χ2n) is 4.21. The van der Waals surface area contributed by atoms with Gasteiger partial charge in [0, 0.05) is 6.42 Å². The highest BCUT2D eigenvalue weighted by molar-refractivity contribution is 6.22. The maximum Gasteiger partial charge on any atom is 0.336 e. The zero-order valence-corrected chi connectivity index (χ0v) is 10.6. The molecule has 0 spiro atoms. The lowest BCUT2D eigenvalue weighted by atomic mass is 9.96. The minimum Gasteiger partial charge on any atom is -0.478 e. The van der Waals surface area contributed by atoms with Crippen LogP contribution >= 0.6 is 0 Å². The summed E-state index contributed by atoms with van der Waals surface area (Å²) in [5, 5.41) is 18.3. The van der Waals surface area contributed by atoms with Crippen molar-refractivity contribution in [2.24, 2.45) is 0 Å². The lowest BCUT2D eigenvalue weighted by Gasteiger charge is -2.08. The molecule has 0 saturated carbocycles. The maximum atomic E-state index is 11.3. The van der Waals surface area contributed by atoms with Gasteiger partial charge in [-0.2, -0.15) is 0 Å². The van der Waals surface area contributed by atoms with Crippen molar-refractivity contribution in [1.29, 1.82) is 0 Å². The molecular formula is C14H14O5. The van der Waals surface area contributed by atoms with Crippen LogP contribution in [-0.2, 0) is 14.4 Å². The number of ketones is 1. The Hall–Kier alpha value is -2.43. The fourth-order valence-electron chi connectivity index (χ4n) is 1.67. The second-order valence-corrected chi connectivity index (χ2v) is 4.21. The first kappa shape index (κ1) is 14.6. The van der Waals surface area contributed by atoms with Gasteiger partial charge in [0.2, 0.25) is 0 Å². The molecule has 1 aromatic rings. The molecule has 0 aliphatic carbocycles. The Bertz CT molecular complexity index is 552. The van der Waals surface area contributed by atoms with Gasteiger partial charge in [-0.3, -0.25) is 4.79 Å². The number of carboxylic acids is 2. The van der Waals surface area contributed by atoms with Gasteiger partial charge in [0.25, 0.3) is 0 Å². The number of hydrogen-bond donors (Lipinski definition) is 2. The number of carboxylic acid groups (broad SMARTS) is 2. The van der Waals surface area contributed by atoms with E-state index in [1.807, 2.05) is 6.92 Å². The Morgan fingerprint density at radius 2 is 1.53 bits per heavy atom. The maximum absolute atomic E-state index is 11.3. The molecule has 19 heavy (non-hydrogen) atoms. The van der Waals surface area contributed by atoms with E-state index in [1.165, 1.54) is 19.1 Å². The van der Waals surface area contributed by atoms with E-state index in [0.29, 0.717) is 0 Å². The molecule has 0 aliphatic rings. The summed E-state index contributed by atoms with van der Waals surface area (Å²) in [6.45, 7) is 3.05. The average Bonchev–Trinajstić information content (AvgIpc) is 2.29. The van der Waals surface area contributed by atoms with Crippen molar-refractivity contribution in [3.8, 4) is 0 Å². The highest BCUT2D eigenvalue weighted by Gasteiger charge is 2.22. The molecule has 1 rings (SSSR count). The van der Waals surface area contributed by atoms with Gasteiger partial charge in [-0.15, -0.1) is 0 Å². The number of hydrogen-bond acceptors (Lipinski definition) is 3. The zero-order valence-electron chi connectivity index (χ0n) is 10.6. The van der Waals surface area contributed by atoms with Crippen molar-refractivity contribution in [3.05, 3.63) is 41.0 Å². The smallest absolute Gasteiger partial charge is 0.336 e. The largest absolute Gasteiger partial charge is 0.478 e. The molecule has 5 heteroatoms. The Kier molecular flexibility index (Phi) is 4.58. The van der Waals surface area contributed by atoms with E-state index < -0.39 is 29.7 Å². The SMILES string of the molecule is CC(=O)C/C(C(=O)O)=C(\C(=O)O)c1ccc(C)cc1. The molecule has 100 valence electrons. The molecule has 0 saturated heterocycles. The highest BCUT2D eigenvalue weighted by atomic mass is 16.4. The summed E-state index contributed by atoms with van der Waals surface area (Å²) in [6, 6.07) is 6.43. The molecular weight excluding hydrogens is 248 g/mol. The third-order valence-corrected chi connectivity index (χ3v) is 2.54. The number of carbonyl (C=O) groups excluding carboxylic acids is 1. The fraction of sp³-hybridized carbons (Fsp3) is 0.214. The first-order valence-electron chi connectivity index (χ1n) is 5.59. The second kappa shape index (κ2) is 5.95. The van der Waals surface area contributed by atoms with Crippen LogP contribution in [0.4, 0.5) is 0 Å². The van der Waals surface area contributed by atoms with Gasteiger partial charge >= 0.3 is 11.9 Å². The van der Waals surface area contributed by atoms with Crippen LogP contribution in [0.1, 0.15) is 24.5 Å². The van der Waals surface area contributed by atoms with Crippen LogP contribution in [0.5, 0.6) is 0 Å². The molecule has 0 heterocycles. The summed E-state index contributed by atoms with van der Waals surface area (Å²) in [7, 11) is 0. The first-order chi connectivity index (χ1) is 8.82. The van der Waals surface area contributed by atoms with E-state index in [0.717, 1.165) is 5.56 Å². The molecule has 0 aliphatic heterocycles.